The number of furan rings is 1. The second kappa shape index (κ2) is 13.4. The van der Waals surface area contributed by atoms with Crippen molar-refractivity contribution in [2.45, 2.75) is 19.9 Å². The Balaban J connectivity index is 1.41. The van der Waals surface area contributed by atoms with E-state index < -0.39 is 22.8 Å². The van der Waals surface area contributed by atoms with Crippen LogP contribution in [0.15, 0.2) is 75.4 Å². The van der Waals surface area contributed by atoms with Crippen molar-refractivity contribution in [3.8, 4) is 22.8 Å². The van der Waals surface area contributed by atoms with Gasteiger partial charge in [0.15, 0.2) is 11.7 Å². The molecule has 1 aromatic heterocycles. The first kappa shape index (κ1) is 29.7. The molecule has 0 bridgehead atoms. The van der Waals surface area contributed by atoms with Crippen molar-refractivity contribution in [2.24, 2.45) is 5.10 Å². The summed E-state index contributed by atoms with van der Waals surface area (Å²) in [7, 11) is 1.40. The third kappa shape index (κ3) is 6.90. The molecule has 2 heterocycles. The fraction of sp³-hybridized carbons (Fsp3) is 0.214. The largest absolute Gasteiger partial charge is 0.496 e. The van der Waals surface area contributed by atoms with Crippen LogP contribution in [0.5, 0.6) is 11.5 Å². The lowest BCUT2D eigenvalue weighted by molar-refractivity contribution is -0.384. The van der Waals surface area contributed by atoms with E-state index in [-0.39, 0.29) is 24.7 Å². The smallest absolute Gasteiger partial charge is 0.338 e. The number of methoxy groups -OCH3 is 1. The highest BCUT2D eigenvalue weighted by atomic mass is 32.1. The fourth-order valence-corrected chi connectivity index (χ4v) is 4.44. The van der Waals surface area contributed by atoms with E-state index in [1.807, 2.05) is 0 Å². The maximum absolute atomic E-state index is 12.7. The van der Waals surface area contributed by atoms with E-state index in [1.54, 1.807) is 50.2 Å². The summed E-state index contributed by atoms with van der Waals surface area (Å²) >= 11 is 5.29. The molecular weight excluding hydrogens is 566 g/mol. The zero-order valence-corrected chi connectivity index (χ0v) is 23.7. The van der Waals surface area contributed by atoms with Crippen molar-refractivity contribution in [2.75, 3.05) is 20.3 Å². The van der Waals surface area contributed by atoms with Gasteiger partial charge in [-0.1, -0.05) is 18.2 Å². The highest BCUT2D eigenvalue weighted by Gasteiger charge is 2.32. The number of nitro benzene ring substituents is 1. The van der Waals surface area contributed by atoms with Crippen LogP contribution in [0.3, 0.4) is 0 Å². The van der Waals surface area contributed by atoms with Gasteiger partial charge in [-0.3, -0.25) is 14.9 Å². The molecule has 4 rings (SSSR count). The first-order chi connectivity index (χ1) is 20.2. The lowest BCUT2D eigenvalue weighted by Crippen LogP contribution is -2.45. The summed E-state index contributed by atoms with van der Waals surface area (Å²) < 4.78 is 22.0. The molecule has 14 heteroatoms. The summed E-state index contributed by atoms with van der Waals surface area (Å²) in [6.45, 7) is 3.28. The Morgan fingerprint density at radius 3 is 2.71 bits per heavy atom. The van der Waals surface area contributed by atoms with Gasteiger partial charge in [0, 0.05) is 17.3 Å². The first-order valence-corrected chi connectivity index (χ1v) is 13.0. The maximum Gasteiger partial charge on any atom is 0.338 e. The Morgan fingerprint density at radius 1 is 1.19 bits per heavy atom. The summed E-state index contributed by atoms with van der Waals surface area (Å²) in [4.78, 5) is 35.7. The molecule has 0 saturated carbocycles. The number of nitro groups is 1. The van der Waals surface area contributed by atoms with Gasteiger partial charge in [0.2, 0.25) is 0 Å². The highest BCUT2D eigenvalue weighted by molar-refractivity contribution is 7.80. The van der Waals surface area contributed by atoms with Crippen LogP contribution in [0, 0.1) is 10.1 Å². The Hall–Kier alpha value is -5.24. The zero-order valence-electron chi connectivity index (χ0n) is 22.8. The van der Waals surface area contributed by atoms with Crippen molar-refractivity contribution in [3.63, 3.8) is 0 Å². The second-order valence-electron chi connectivity index (χ2n) is 8.75. The van der Waals surface area contributed by atoms with Gasteiger partial charge in [0.05, 0.1) is 48.1 Å². The van der Waals surface area contributed by atoms with Gasteiger partial charge >= 0.3 is 5.97 Å². The van der Waals surface area contributed by atoms with Gasteiger partial charge in [-0.15, -0.1) is 0 Å². The van der Waals surface area contributed by atoms with Gasteiger partial charge in [0.1, 0.15) is 23.0 Å². The van der Waals surface area contributed by atoms with Gasteiger partial charge < -0.3 is 29.3 Å². The minimum Gasteiger partial charge on any atom is -0.496 e. The van der Waals surface area contributed by atoms with Crippen LogP contribution in [0.2, 0.25) is 0 Å². The number of ether oxygens (including phenoxy) is 3. The number of hydrogen-bond donors (Lipinski definition) is 3. The molecule has 1 amide bonds. The topological polar surface area (TPSA) is 167 Å². The fourth-order valence-electron chi connectivity index (χ4n) is 4.16. The predicted molar refractivity (Wildman–Crippen MR) is 156 cm³/mol. The molecule has 0 saturated heterocycles. The van der Waals surface area contributed by atoms with Crippen LogP contribution in [-0.4, -0.2) is 48.5 Å². The molecule has 3 N–H and O–H groups in total. The molecule has 13 nitrogen and oxygen atoms in total. The zero-order chi connectivity index (χ0) is 30.2. The quantitative estimate of drug-likeness (QED) is 0.0974. The molecule has 1 aliphatic heterocycles. The summed E-state index contributed by atoms with van der Waals surface area (Å²) in [5, 5.41) is 21.3. The van der Waals surface area contributed by atoms with Crippen LogP contribution in [0.1, 0.15) is 31.2 Å². The third-order valence-electron chi connectivity index (χ3n) is 6.02. The number of nitrogens with zero attached hydrogens (tertiary/aromatic N) is 2. The number of thiocarbonyl (C=S) groups is 1. The lowest BCUT2D eigenvalue weighted by Gasteiger charge is -2.30. The summed E-state index contributed by atoms with van der Waals surface area (Å²) in [5.41, 5.74) is 4.25. The Bertz CT molecular complexity index is 1580. The van der Waals surface area contributed by atoms with E-state index in [2.05, 4.69) is 21.2 Å². The number of hydrogen-bond acceptors (Lipinski definition) is 10. The SMILES string of the molecule is CCOC(=O)C1=C(C)NC(=S)N[C@@H]1c1ccccc1OCC(=O)NN=Cc1ccc(-c2ccc([N+](=O)[O-])cc2OC)o1. The Morgan fingerprint density at radius 2 is 1.98 bits per heavy atom. The van der Waals surface area contributed by atoms with Crippen LogP contribution in [0.25, 0.3) is 11.3 Å². The number of nitrogens with one attached hydrogen (secondary N) is 3. The van der Waals surface area contributed by atoms with E-state index in [0.717, 1.165) is 0 Å². The summed E-state index contributed by atoms with van der Waals surface area (Å²) in [6, 6.07) is 13.7. The van der Waals surface area contributed by atoms with E-state index in [1.165, 1.54) is 31.5 Å². The molecule has 0 aliphatic carbocycles. The molecule has 1 aliphatic rings. The Kier molecular flexibility index (Phi) is 9.50. The predicted octanol–water partition coefficient (Wildman–Crippen LogP) is 3.75. The second-order valence-corrected chi connectivity index (χ2v) is 9.16. The average molecular weight is 594 g/mol. The number of non-ortho nitro benzene ring substituents is 1. The Labute approximate surface area is 245 Å². The number of hydrazone groups is 1. The van der Waals surface area contributed by atoms with Gasteiger partial charge in [-0.25, -0.2) is 10.2 Å². The lowest BCUT2D eigenvalue weighted by atomic mass is 9.95. The normalized spacial score (nSPS) is 14.6. The number of para-hydroxylation sites is 1. The van der Waals surface area contributed by atoms with E-state index in [4.69, 9.17) is 30.8 Å². The third-order valence-corrected chi connectivity index (χ3v) is 6.24. The molecule has 2 aromatic carbocycles. The van der Waals surface area contributed by atoms with Crippen LogP contribution in [0.4, 0.5) is 5.69 Å². The van der Waals surface area contributed by atoms with Gasteiger partial charge in [-0.2, -0.15) is 5.10 Å². The van der Waals surface area contributed by atoms with Crippen molar-refractivity contribution in [1.82, 2.24) is 16.1 Å². The van der Waals surface area contributed by atoms with Crippen molar-refractivity contribution in [3.05, 3.63) is 87.3 Å². The standard InChI is InChI=1S/C28H27N5O8S/c1-4-39-27(35)25-16(2)30-28(42)31-26(25)20-7-5-6-8-21(20)40-15-24(34)32-29-14-18-10-12-22(41-18)19-11-9-17(33(36)37)13-23(19)38-3/h5-14,26H,4,15H2,1-3H3,(H,32,34)(H2,30,31,42)/t26-/m1/s1. The average Bonchev–Trinajstić information content (AvgIpc) is 3.44. The molecule has 218 valence electrons. The van der Waals surface area contributed by atoms with Crippen molar-refractivity contribution >= 4 is 41.1 Å². The van der Waals surface area contributed by atoms with E-state index in [0.29, 0.717) is 44.8 Å². The minimum absolute atomic E-state index is 0.113. The number of amides is 1. The highest BCUT2D eigenvalue weighted by Crippen LogP contribution is 2.35. The monoisotopic (exact) mass is 593 g/mol. The van der Waals surface area contributed by atoms with Crippen molar-refractivity contribution < 1.29 is 33.1 Å². The molecule has 0 spiro atoms. The molecule has 0 fully saturated rings. The molecule has 1 atom stereocenters. The number of esters is 1. The molecule has 3 aromatic rings. The molecule has 0 unspecified atom stereocenters. The van der Waals surface area contributed by atoms with Crippen molar-refractivity contribution in [1.29, 1.82) is 0 Å². The molecular formula is C28H27N5O8S. The van der Waals surface area contributed by atoms with Gasteiger partial charge in [0.25, 0.3) is 11.6 Å². The number of benzene rings is 2. The van der Waals surface area contributed by atoms with Gasteiger partial charge in [-0.05, 0) is 50.3 Å². The van der Waals surface area contributed by atoms with E-state index >= 15 is 0 Å². The first-order valence-electron chi connectivity index (χ1n) is 12.6. The van der Waals surface area contributed by atoms with Crippen LogP contribution < -0.4 is 25.5 Å². The van der Waals surface area contributed by atoms with Crippen LogP contribution in [-0.2, 0) is 14.3 Å². The number of carbonyl (C=O) groups is 2. The van der Waals surface area contributed by atoms with E-state index in [9.17, 15) is 19.7 Å². The number of carbonyl (C=O) groups excluding carboxylic acids is 2. The van der Waals surface area contributed by atoms with Crippen LogP contribution >= 0.6 is 12.2 Å². The minimum atomic E-state index is -0.655. The molecule has 0 radical (unpaired) electrons. The summed E-state index contributed by atoms with van der Waals surface area (Å²) in [5.74, 6) is 0.300. The molecule has 42 heavy (non-hydrogen) atoms. The number of rotatable bonds is 11. The summed E-state index contributed by atoms with van der Waals surface area (Å²) in [6.07, 6.45) is 1.30. The maximum atomic E-state index is 12.7. The number of allylic oxidation sites excluding steroid dienone is 1.